The van der Waals surface area contributed by atoms with Gasteiger partial charge < -0.3 is 4.74 Å². The Morgan fingerprint density at radius 2 is 2.31 bits per heavy atom. The molecule has 68 valence electrons. The molecule has 0 aromatic carbocycles. The second kappa shape index (κ2) is 3.81. The Bertz CT molecular complexity index is 354. The maximum Gasteiger partial charge on any atom is 0.306 e. The lowest BCUT2D eigenvalue weighted by atomic mass is 10.4. The number of nitrogens with zero attached hydrogens (tertiary/aromatic N) is 2. The van der Waals surface area contributed by atoms with E-state index in [1.807, 2.05) is 0 Å². The monoisotopic (exact) mass is 202 g/mol. The van der Waals surface area contributed by atoms with Crippen LogP contribution in [0, 0.1) is 10.1 Å². The first-order valence-corrected chi connectivity index (χ1v) is 3.44. The molecule has 0 amide bonds. The molecule has 1 rings (SSSR count). The van der Waals surface area contributed by atoms with Gasteiger partial charge in [0.2, 0.25) is 11.0 Å². The summed E-state index contributed by atoms with van der Waals surface area (Å²) in [5.41, 5.74) is -0.333. The Balaban J connectivity index is 3.05. The van der Waals surface area contributed by atoms with Crippen molar-refractivity contribution in [2.45, 2.75) is 0 Å². The largest absolute Gasteiger partial charge is 0.410 e. The Hall–Kier alpha value is -1.69. The maximum absolute atomic E-state index is 10.3. The standard InChI is InChI=1S/C6H3ClN2O4/c7-6-4(9(11)12)1-2-5(8-6)13-3-10/h1-3H. The average molecular weight is 203 g/mol. The molecule has 0 bridgehead atoms. The molecule has 0 atom stereocenters. The molecule has 1 aromatic rings. The van der Waals surface area contributed by atoms with E-state index in [-0.39, 0.29) is 23.2 Å². The van der Waals surface area contributed by atoms with Gasteiger partial charge in [-0.05, 0) is 0 Å². The van der Waals surface area contributed by atoms with E-state index in [0.717, 1.165) is 6.07 Å². The lowest BCUT2D eigenvalue weighted by Crippen LogP contribution is -1.95. The molecule has 13 heavy (non-hydrogen) atoms. The minimum absolute atomic E-state index is 0.0781. The van der Waals surface area contributed by atoms with Gasteiger partial charge in [0.05, 0.1) is 4.92 Å². The third-order valence-corrected chi connectivity index (χ3v) is 1.45. The van der Waals surface area contributed by atoms with Gasteiger partial charge in [0, 0.05) is 12.1 Å². The molecule has 1 aromatic heterocycles. The fourth-order valence-corrected chi connectivity index (χ4v) is 0.877. The van der Waals surface area contributed by atoms with Crippen LogP contribution >= 0.6 is 11.6 Å². The predicted molar refractivity (Wildman–Crippen MR) is 42.6 cm³/mol. The van der Waals surface area contributed by atoms with Gasteiger partial charge in [-0.1, -0.05) is 11.6 Å². The summed E-state index contributed by atoms with van der Waals surface area (Å²) in [4.78, 5) is 22.9. The summed E-state index contributed by atoms with van der Waals surface area (Å²) in [6, 6.07) is 2.28. The lowest BCUT2D eigenvalue weighted by Gasteiger charge is -1.97. The number of carbonyl (C=O) groups is 1. The fourth-order valence-electron chi connectivity index (χ4n) is 0.661. The van der Waals surface area contributed by atoms with E-state index in [4.69, 9.17) is 11.6 Å². The second-order valence-corrected chi connectivity index (χ2v) is 2.29. The SMILES string of the molecule is O=COc1ccc([N+](=O)[O-])c(Cl)n1. The van der Waals surface area contributed by atoms with Crippen LogP contribution in [0.5, 0.6) is 5.88 Å². The number of aromatic nitrogens is 1. The average Bonchev–Trinajstić information content (AvgIpc) is 2.04. The number of rotatable bonds is 3. The molecule has 0 aliphatic rings. The highest BCUT2D eigenvalue weighted by Gasteiger charge is 2.13. The highest BCUT2D eigenvalue weighted by molar-refractivity contribution is 6.31. The summed E-state index contributed by atoms with van der Waals surface area (Å²) in [6.45, 7) is 0.157. The highest BCUT2D eigenvalue weighted by atomic mass is 35.5. The number of halogens is 1. The van der Waals surface area contributed by atoms with Crippen LogP contribution in [0.25, 0.3) is 0 Å². The van der Waals surface area contributed by atoms with Crippen LogP contribution < -0.4 is 4.74 Å². The van der Waals surface area contributed by atoms with Crippen molar-refractivity contribution in [1.29, 1.82) is 0 Å². The zero-order chi connectivity index (χ0) is 9.84. The number of nitro groups is 1. The van der Waals surface area contributed by atoms with Crippen LogP contribution in [-0.2, 0) is 4.79 Å². The molecule has 0 radical (unpaired) electrons. The summed E-state index contributed by atoms with van der Waals surface area (Å²) in [5.74, 6) is -0.0781. The molecule has 0 saturated heterocycles. The molecule has 0 saturated carbocycles. The molecule has 0 unspecified atom stereocenters. The van der Waals surface area contributed by atoms with E-state index in [2.05, 4.69) is 9.72 Å². The van der Waals surface area contributed by atoms with Crippen molar-refractivity contribution in [3.8, 4) is 5.88 Å². The van der Waals surface area contributed by atoms with Gasteiger partial charge in [-0.2, -0.15) is 4.98 Å². The molecule has 1 heterocycles. The molecule has 6 nitrogen and oxygen atoms in total. The van der Waals surface area contributed by atoms with Crippen LogP contribution in [0.1, 0.15) is 0 Å². The van der Waals surface area contributed by atoms with Crippen LogP contribution in [0.2, 0.25) is 5.15 Å². The second-order valence-electron chi connectivity index (χ2n) is 1.93. The molecular formula is C6H3ClN2O4. The van der Waals surface area contributed by atoms with Gasteiger partial charge in [-0.25, -0.2) is 0 Å². The Morgan fingerprint density at radius 1 is 1.62 bits per heavy atom. The van der Waals surface area contributed by atoms with Crippen molar-refractivity contribution in [2.24, 2.45) is 0 Å². The van der Waals surface area contributed by atoms with Crippen LogP contribution in [0.3, 0.4) is 0 Å². The van der Waals surface area contributed by atoms with E-state index in [0.29, 0.717) is 0 Å². The topological polar surface area (TPSA) is 82.3 Å². The summed E-state index contributed by atoms with van der Waals surface area (Å²) in [5, 5.41) is 9.95. The van der Waals surface area contributed by atoms with Crippen molar-refractivity contribution in [3.05, 3.63) is 27.4 Å². The quantitative estimate of drug-likeness (QED) is 0.318. The number of hydrogen-bond acceptors (Lipinski definition) is 5. The van der Waals surface area contributed by atoms with Gasteiger partial charge in [0.15, 0.2) is 0 Å². The summed E-state index contributed by atoms with van der Waals surface area (Å²) < 4.78 is 4.32. The molecule has 0 aliphatic carbocycles. The van der Waals surface area contributed by atoms with E-state index in [9.17, 15) is 14.9 Å². The van der Waals surface area contributed by atoms with Crippen molar-refractivity contribution in [3.63, 3.8) is 0 Å². The third-order valence-electron chi connectivity index (χ3n) is 1.17. The molecule has 0 aliphatic heterocycles. The van der Waals surface area contributed by atoms with Gasteiger partial charge >= 0.3 is 5.69 Å². The Kier molecular flexibility index (Phi) is 2.76. The normalized spacial score (nSPS) is 9.31. The summed E-state index contributed by atoms with van der Waals surface area (Å²) >= 11 is 5.41. The van der Waals surface area contributed by atoms with E-state index in [1.54, 1.807) is 0 Å². The lowest BCUT2D eigenvalue weighted by molar-refractivity contribution is -0.385. The molecule has 7 heteroatoms. The molecule has 0 fully saturated rings. The first kappa shape index (κ1) is 9.40. The number of carbonyl (C=O) groups excluding carboxylic acids is 1. The molecular weight excluding hydrogens is 200 g/mol. The number of hydrogen-bond donors (Lipinski definition) is 0. The maximum atomic E-state index is 10.3. The van der Waals surface area contributed by atoms with Crippen molar-refractivity contribution in [1.82, 2.24) is 4.98 Å². The minimum atomic E-state index is -0.681. The predicted octanol–water partition coefficient (Wildman–Crippen LogP) is 1.18. The highest BCUT2D eigenvalue weighted by Crippen LogP contribution is 2.23. The van der Waals surface area contributed by atoms with Crippen LogP contribution in [0.4, 0.5) is 5.69 Å². The zero-order valence-corrected chi connectivity index (χ0v) is 6.89. The number of pyridine rings is 1. The van der Waals surface area contributed by atoms with Crippen LogP contribution in [-0.4, -0.2) is 16.4 Å². The van der Waals surface area contributed by atoms with Gasteiger partial charge in [-0.3, -0.25) is 14.9 Å². The van der Waals surface area contributed by atoms with Gasteiger partial charge in [0.25, 0.3) is 6.47 Å². The Labute approximate surface area is 77.2 Å². The first-order chi connectivity index (χ1) is 6.15. The summed E-state index contributed by atoms with van der Waals surface area (Å²) in [7, 11) is 0. The smallest absolute Gasteiger partial charge is 0.306 e. The minimum Gasteiger partial charge on any atom is -0.410 e. The first-order valence-electron chi connectivity index (χ1n) is 3.06. The van der Waals surface area contributed by atoms with E-state index < -0.39 is 4.92 Å². The van der Waals surface area contributed by atoms with E-state index in [1.165, 1.54) is 6.07 Å². The van der Waals surface area contributed by atoms with Crippen molar-refractivity contribution < 1.29 is 14.5 Å². The van der Waals surface area contributed by atoms with Crippen molar-refractivity contribution >= 4 is 23.8 Å². The molecule has 0 spiro atoms. The number of ether oxygens (including phenoxy) is 1. The molecule has 0 N–H and O–H groups in total. The Morgan fingerprint density at radius 3 is 2.77 bits per heavy atom. The van der Waals surface area contributed by atoms with Crippen molar-refractivity contribution in [2.75, 3.05) is 0 Å². The third kappa shape index (κ3) is 2.12. The zero-order valence-electron chi connectivity index (χ0n) is 6.14. The summed E-state index contributed by atoms with van der Waals surface area (Å²) in [6.07, 6.45) is 0. The van der Waals surface area contributed by atoms with Gasteiger partial charge in [-0.15, -0.1) is 0 Å². The van der Waals surface area contributed by atoms with Gasteiger partial charge in [0.1, 0.15) is 0 Å². The van der Waals surface area contributed by atoms with E-state index >= 15 is 0 Å². The van der Waals surface area contributed by atoms with Crippen LogP contribution in [0.15, 0.2) is 12.1 Å². The fraction of sp³-hybridized carbons (Fsp3) is 0.